The van der Waals surface area contributed by atoms with Crippen molar-refractivity contribution < 1.29 is 18.0 Å². The zero-order valence-electron chi connectivity index (χ0n) is 18.5. The Balaban J connectivity index is 1.50. The third kappa shape index (κ3) is 4.56. The second-order valence-corrected chi connectivity index (χ2v) is 10.6. The first kappa shape index (κ1) is 22.5. The summed E-state index contributed by atoms with van der Waals surface area (Å²) in [5, 5.41) is 2.91. The van der Waals surface area contributed by atoms with Gasteiger partial charge in [0.1, 0.15) is 0 Å². The van der Waals surface area contributed by atoms with E-state index in [1.807, 2.05) is 31.2 Å². The molecule has 2 aromatic rings. The summed E-state index contributed by atoms with van der Waals surface area (Å²) < 4.78 is 28.2. The fourth-order valence-corrected chi connectivity index (χ4v) is 6.04. The summed E-state index contributed by atoms with van der Waals surface area (Å²) in [5.41, 5.74) is 3.48. The molecule has 0 aliphatic carbocycles. The molecule has 170 valence electrons. The third-order valence-electron chi connectivity index (χ3n) is 6.26. The molecule has 1 atom stereocenters. The molecule has 8 heteroatoms. The molecular formula is C24H29N3O4S. The summed E-state index contributed by atoms with van der Waals surface area (Å²) in [6.07, 6.45) is 2.83. The quantitative estimate of drug-likeness (QED) is 0.766. The molecule has 1 fully saturated rings. The maximum atomic E-state index is 13.4. The number of hydrogen-bond donors (Lipinski definition) is 1. The van der Waals surface area contributed by atoms with Crippen LogP contribution in [0.4, 0.5) is 11.4 Å². The minimum absolute atomic E-state index is 0.0416. The van der Waals surface area contributed by atoms with Crippen molar-refractivity contribution in [2.45, 2.75) is 44.4 Å². The summed E-state index contributed by atoms with van der Waals surface area (Å²) >= 11 is 0. The van der Waals surface area contributed by atoms with Crippen molar-refractivity contribution in [2.24, 2.45) is 5.92 Å². The molecule has 0 radical (unpaired) electrons. The fraction of sp³-hybridized carbons (Fsp3) is 0.417. The molecular weight excluding hydrogens is 426 g/mol. The van der Waals surface area contributed by atoms with Crippen LogP contribution in [0.2, 0.25) is 0 Å². The first-order valence-corrected chi connectivity index (χ1v) is 12.5. The molecule has 4 rings (SSSR count). The normalized spacial score (nSPS) is 19.3. The maximum absolute atomic E-state index is 13.4. The van der Waals surface area contributed by atoms with Gasteiger partial charge in [-0.15, -0.1) is 0 Å². The number of benzene rings is 2. The lowest BCUT2D eigenvalue weighted by molar-refractivity contribution is -0.121. The summed E-state index contributed by atoms with van der Waals surface area (Å²) in [6, 6.07) is 12.5. The molecule has 7 nitrogen and oxygen atoms in total. The summed E-state index contributed by atoms with van der Waals surface area (Å²) in [5.74, 6) is -0.595. The van der Waals surface area contributed by atoms with Crippen LogP contribution in [0.5, 0.6) is 0 Å². The van der Waals surface area contributed by atoms with E-state index in [0.29, 0.717) is 31.6 Å². The monoisotopic (exact) mass is 455 g/mol. The van der Waals surface area contributed by atoms with Gasteiger partial charge in [-0.1, -0.05) is 17.7 Å². The second-order valence-electron chi connectivity index (χ2n) is 8.62. The van der Waals surface area contributed by atoms with Crippen LogP contribution < -0.4 is 10.2 Å². The minimum Gasteiger partial charge on any atom is -0.326 e. The largest absolute Gasteiger partial charge is 0.326 e. The Kier molecular flexibility index (Phi) is 6.35. The van der Waals surface area contributed by atoms with Gasteiger partial charge in [-0.2, -0.15) is 4.31 Å². The second kappa shape index (κ2) is 9.03. The van der Waals surface area contributed by atoms with Gasteiger partial charge in [-0.05, 0) is 68.5 Å². The number of sulfonamides is 1. The molecule has 2 aliphatic heterocycles. The van der Waals surface area contributed by atoms with Crippen molar-refractivity contribution in [1.29, 1.82) is 0 Å². The molecule has 1 saturated heterocycles. The molecule has 0 spiro atoms. The summed E-state index contributed by atoms with van der Waals surface area (Å²) in [6.45, 7) is 4.71. The van der Waals surface area contributed by atoms with Gasteiger partial charge in [0.25, 0.3) is 0 Å². The number of aryl methyl sites for hydroxylation is 2. The van der Waals surface area contributed by atoms with E-state index in [1.54, 1.807) is 23.1 Å². The van der Waals surface area contributed by atoms with E-state index in [4.69, 9.17) is 0 Å². The molecule has 2 amide bonds. The van der Waals surface area contributed by atoms with E-state index in [9.17, 15) is 18.0 Å². The van der Waals surface area contributed by atoms with E-state index in [0.717, 1.165) is 29.7 Å². The lowest BCUT2D eigenvalue weighted by atomic mass is 9.98. The lowest BCUT2D eigenvalue weighted by Crippen LogP contribution is -2.43. The van der Waals surface area contributed by atoms with Gasteiger partial charge in [0.05, 0.1) is 10.8 Å². The van der Waals surface area contributed by atoms with E-state index >= 15 is 0 Å². The van der Waals surface area contributed by atoms with Crippen LogP contribution in [0.3, 0.4) is 0 Å². The molecule has 2 aromatic carbocycles. The van der Waals surface area contributed by atoms with E-state index in [-0.39, 0.29) is 23.3 Å². The van der Waals surface area contributed by atoms with Crippen LogP contribution in [-0.4, -0.2) is 44.2 Å². The number of nitrogens with one attached hydrogen (secondary N) is 1. The number of carbonyl (C=O) groups excluding carboxylic acids is 2. The number of hydrogen-bond acceptors (Lipinski definition) is 4. The standard InChI is InChI=1S/C24H29N3O4S/c1-17-7-9-21(10-8-17)25-24(29)20-6-3-13-26(16-20)32(30,31)22-11-12-23-19(15-22)5-4-14-27(23)18(2)28/h7-12,15,20H,3-6,13-14,16H2,1-2H3,(H,25,29)/t20-/m0/s1. The van der Waals surface area contributed by atoms with Crippen LogP contribution in [0.25, 0.3) is 0 Å². The molecule has 1 N–H and O–H groups in total. The van der Waals surface area contributed by atoms with E-state index in [1.165, 1.54) is 11.2 Å². The van der Waals surface area contributed by atoms with E-state index < -0.39 is 15.9 Å². The highest BCUT2D eigenvalue weighted by Gasteiger charge is 2.34. The highest BCUT2D eigenvalue weighted by molar-refractivity contribution is 7.89. The Morgan fingerprint density at radius 3 is 2.50 bits per heavy atom. The minimum atomic E-state index is -3.73. The number of piperidine rings is 1. The van der Waals surface area contributed by atoms with Gasteiger partial charge in [0.15, 0.2) is 0 Å². The Labute approximate surface area is 189 Å². The molecule has 0 bridgehead atoms. The Bertz CT molecular complexity index is 1130. The van der Waals surface area contributed by atoms with Gasteiger partial charge >= 0.3 is 0 Å². The van der Waals surface area contributed by atoms with Crippen molar-refractivity contribution in [3.63, 3.8) is 0 Å². The van der Waals surface area contributed by atoms with Gasteiger partial charge in [0.2, 0.25) is 21.8 Å². The highest BCUT2D eigenvalue weighted by atomic mass is 32.2. The van der Waals surface area contributed by atoms with Crippen LogP contribution in [-0.2, 0) is 26.0 Å². The first-order chi connectivity index (χ1) is 15.3. The van der Waals surface area contributed by atoms with Crippen molar-refractivity contribution in [3.8, 4) is 0 Å². The average molecular weight is 456 g/mol. The third-order valence-corrected chi connectivity index (χ3v) is 8.12. The van der Waals surface area contributed by atoms with Crippen molar-refractivity contribution >= 4 is 33.2 Å². The number of fused-ring (bicyclic) bond motifs is 1. The van der Waals surface area contributed by atoms with E-state index in [2.05, 4.69) is 5.32 Å². The summed E-state index contributed by atoms with van der Waals surface area (Å²) in [7, 11) is -3.73. The zero-order valence-corrected chi connectivity index (χ0v) is 19.3. The number of nitrogens with zero attached hydrogens (tertiary/aromatic N) is 2. The van der Waals surface area contributed by atoms with Crippen LogP contribution in [0.1, 0.15) is 37.3 Å². The average Bonchev–Trinajstić information content (AvgIpc) is 2.79. The molecule has 2 aliphatic rings. The van der Waals surface area contributed by atoms with Gasteiger partial charge < -0.3 is 10.2 Å². The van der Waals surface area contributed by atoms with Crippen molar-refractivity contribution in [2.75, 3.05) is 29.9 Å². The van der Waals surface area contributed by atoms with Crippen molar-refractivity contribution in [1.82, 2.24) is 4.31 Å². The Hall–Kier alpha value is -2.71. The predicted octanol–water partition coefficient (Wildman–Crippen LogP) is 3.33. The van der Waals surface area contributed by atoms with Crippen molar-refractivity contribution in [3.05, 3.63) is 53.6 Å². The molecule has 0 unspecified atom stereocenters. The van der Waals surface area contributed by atoms with Gasteiger partial charge in [-0.3, -0.25) is 9.59 Å². The predicted molar refractivity (Wildman–Crippen MR) is 124 cm³/mol. The number of rotatable bonds is 4. The summed E-state index contributed by atoms with van der Waals surface area (Å²) in [4.78, 5) is 26.6. The number of anilines is 2. The zero-order chi connectivity index (χ0) is 22.9. The van der Waals surface area contributed by atoms with Crippen LogP contribution in [0, 0.1) is 12.8 Å². The topological polar surface area (TPSA) is 86.8 Å². The SMILES string of the molecule is CC(=O)N1CCCc2cc(S(=O)(=O)N3CCC[C@H](C(=O)Nc4ccc(C)cc4)C3)ccc21. The molecule has 0 saturated carbocycles. The lowest BCUT2D eigenvalue weighted by Gasteiger charge is -2.32. The smallest absolute Gasteiger partial charge is 0.243 e. The Morgan fingerprint density at radius 2 is 1.78 bits per heavy atom. The highest BCUT2D eigenvalue weighted by Crippen LogP contribution is 2.32. The maximum Gasteiger partial charge on any atom is 0.243 e. The molecule has 2 heterocycles. The Morgan fingerprint density at radius 1 is 1.03 bits per heavy atom. The number of carbonyl (C=O) groups is 2. The van der Waals surface area contributed by atoms with Gasteiger partial charge in [-0.25, -0.2) is 8.42 Å². The van der Waals surface area contributed by atoms with Gasteiger partial charge in [0, 0.05) is 37.9 Å². The molecule has 0 aromatic heterocycles. The van der Waals surface area contributed by atoms with Crippen LogP contribution in [0.15, 0.2) is 47.4 Å². The number of amides is 2. The van der Waals surface area contributed by atoms with Crippen LogP contribution >= 0.6 is 0 Å². The molecule has 32 heavy (non-hydrogen) atoms. The first-order valence-electron chi connectivity index (χ1n) is 11.0. The fourth-order valence-electron chi connectivity index (χ4n) is 4.47.